The maximum atomic E-state index is 6.92. The molecule has 13 rings (SSSR count). The average molecular weight is 826 g/mol. The highest BCUT2D eigenvalue weighted by atomic mass is 32.1. The molecular weight excluding hydrogens is 791 g/mol. The lowest BCUT2D eigenvalue weighted by atomic mass is 9.98. The predicted octanol–water partition coefficient (Wildman–Crippen LogP) is 17.9. The lowest BCUT2D eigenvalue weighted by Gasteiger charge is -2.28. The van der Waals surface area contributed by atoms with Crippen molar-refractivity contribution >= 4 is 113 Å². The maximum Gasteiger partial charge on any atom is 0.143 e. The van der Waals surface area contributed by atoms with Gasteiger partial charge in [-0.15, -0.1) is 22.7 Å². The van der Waals surface area contributed by atoms with Crippen molar-refractivity contribution in [3.8, 4) is 33.4 Å². The quantitative estimate of drug-likeness (QED) is 0.166. The van der Waals surface area contributed by atoms with Gasteiger partial charge in [-0.2, -0.15) is 0 Å². The summed E-state index contributed by atoms with van der Waals surface area (Å²) in [5.74, 6) is 0. The van der Waals surface area contributed by atoms with Crippen molar-refractivity contribution in [1.82, 2.24) is 0 Å². The molecule has 10 aromatic carbocycles. The molecule has 13 aromatic rings. The van der Waals surface area contributed by atoms with Crippen LogP contribution in [-0.2, 0) is 0 Å². The first-order valence-electron chi connectivity index (χ1n) is 21.0. The Morgan fingerprint density at radius 3 is 1.40 bits per heavy atom. The van der Waals surface area contributed by atoms with E-state index in [9.17, 15) is 0 Å². The molecule has 0 aliphatic rings. The monoisotopic (exact) mass is 825 g/mol. The average Bonchev–Trinajstić information content (AvgIpc) is 4.04. The topological polar surface area (TPSA) is 16.4 Å². The number of furan rings is 1. The highest BCUT2D eigenvalue weighted by molar-refractivity contribution is 7.26. The van der Waals surface area contributed by atoms with E-state index in [0.29, 0.717) is 0 Å². The molecule has 0 unspecified atom stereocenters. The molecule has 2 nitrogen and oxygen atoms in total. The Balaban J connectivity index is 0.981. The van der Waals surface area contributed by atoms with Crippen molar-refractivity contribution < 1.29 is 4.42 Å². The van der Waals surface area contributed by atoms with Crippen molar-refractivity contribution in [1.29, 1.82) is 0 Å². The molecule has 3 heterocycles. The first-order chi connectivity index (χ1) is 30.7. The van der Waals surface area contributed by atoms with Gasteiger partial charge in [0.15, 0.2) is 0 Å². The largest absolute Gasteiger partial charge is 0.455 e. The van der Waals surface area contributed by atoms with Crippen LogP contribution in [0, 0.1) is 0 Å². The summed E-state index contributed by atoms with van der Waals surface area (Å²) in [6, 6.07) is 77.3. The van der Waals surface area contributed by atoms with Crippen LogP contribution in [-0.4, -0.2) is 0 Å². The molecule has 0 saturated carbocycles. The van der Waals surface area contributed by atoms with Crippen LogP contribution < -0.4 is 4.90 Å². The zero-order valence-corrected chi connectivity index (χ0v) is 35.0. The van der Waals surface area contributed by atoms with Crippen molar-refractivity contribution in [2.75, 3.05) is 4.90 Å². The van der Waals surface area contributed by atoms with Crippen LogP contribution >= 0.6 is 22.7 Å². The molecule has 0 fully saturated rings. The van der Waals surface area contributed by atoms with Crippen LogP contribution in [0.3, 0.4) is 0 Å². The summed E-state index contributed by atoms with van der Waals surface area (Å²) in [5.41, 5.74) is 12.1. The van der Waals surface area contributed by atoms with Crippen molar-refractivity contribution in [2.45, 2.75) is 0 Å². The Labute approximate surface area is 365 Å². The van der Waals surface area contributed by atoms with Crippen LogP contribution in [0.5, 0.6) is 0 Å². The molecule has 290 valence electrons. The molecule has 0 bridgehead atoms. The highest BCUT2D eigenvalue weighted by Crippen LogP contribution is 2.47. The first kappa shape index (κ1) is 35.3. The third-order valence-corrected chi connectivity index (χ3v) is 14.9. The van der Waals surface area contributed by atoms with E-state index >= 15 is 0 Å². The third kappa shape index (κ3) is 5.47. The third-order valence-electron chi connectivity index (χ3n) is 12.5. The van der Waals surface area contributed by atoms with Gasteiger partial charge in [-0.05, 0) is 76.2 Å². The molecule has 62 heavy (non-hydrogen) atoms. The minimum Gasteiger partial charge on any atom is -0.455 e. The molecular formula is C58H35NOS2. The molecule has 0 aliphatic heterocycles. The summed E-state index contributed by atoms with van der Waals surface area (Å²) in [7, 11) is 0. The number of nitrogens with zero attached hydrogens (tertiary/aromatic N) is 1. The first-order valence-corrected chi connectivity index (χ1v) is 22.6. The number of benzene rings is 10. The van der Waals surface area contributed by atoms with Gasteiger partial charge in [0.05, 0.1) is 5.69 Å². The second kappa shape index (κ2) is 14.0. The highest BCUT2D eigenvalue weighted by Gasteiger charge is 2.22. The molecule has 0 amide bonds. The van der Waals surface area contributed by atoms with Crippen LogP contribution in [0.25, 0.3) is 106 Å². The number of anilines is 3. The van der Waals surface area contributed by atoms with E-state index in [1.807, 2.05) is 22.7 Å². The minimum atomic E-state index is 0.893. The zero-order chi connectivity index (χ0) is 40.7. The number of thiophene rings is 2. The summed E-state index contributed by atoms with van der Waals surface area (Å²) >= 11 is 3.74. The van der Waals surface area contributed by atoms with Crippen molar-refractivity contribution in [3.63, 3.8) is 0 Å². The summed E-state index contributed by atoms with van der Waals surface area (Å²) in [5, 5.41) is 9.78. The number of hydrogen-bond donors (Lipinski definition) is 0. The molecule has 0 aliphatic carbocycles. The summed E-state index contributed by atoms with van der Waals surface area (Å²) < 4.78 is 12.2. The fourth-order valence-electron chi connectivity index (χ4n) is 9.59. The molecule has 0 radical (unpaired) electrons. The second-order valence-electron chi connectivity index (χ2n) is 16.0. The lowest BCUT2D eigenvalue weighted by molar-refractivity contribution is 0.674. The van der Waals surface area contributed by atoms with E-state index in [1.54, 1.807) is 0 Å². The Kier molecular flexibility index (Phi) is 7.99. The smallest absolute Gasteiger partial charge is 0.143 e. The molecule has 3 aromatic heterocycles. The van der Waals surface area contributed by atoms with E-state index < -0.39 is 0 Å². The van der Waals surface area contributed by atoms with Gasteiger partial charge in [-0.1, -0.05) is 164 Å². The van der Waals surface area contributed by atoms with Gasteiger partial charge in [0.25, 0.3) is 0 Å². The van der Waals surface area contributed by atoms with E-state index in [1.165, 1.54) is 68.0 Å². The van der Waals surface area contributed by atoms with Crippen molar-refractivity contribution in [2.24, 2.45) is 0 Å². The molecule has 0 atom stereocenters. The number of para-hydroxylation sites is 2. The van der Waals surface area contributed by atoms with Crippen LogP contribution in [0.2, 0.25) is 0 Å². The Bertz CT molecular complexity index is 3710. The van der Waals surface area contributed by atoms with Gasteiger partial charge in [-0.25, -0.2) is 0 Å². The van der Waals surface area contributed by atoms with Crippen LogP contribution in [0.1, 0.15) is 0 Å². The summed E-state index contributed by atoms with van der Waals surface area (Å²) in [6.07, 6.45) is 0. The minimum absolute atomic E-state index is 0.893. The van der Waals surface area contributed by atoms with Gasteiger partial charge in [-0.3, -0.25) is 0 Å². The standard InChI is InChI=1S/C58H35NOS2/c1-2-13-41-36(12-1)30-35-49-48-20-11-19-47(56(48)60-55(41)49)44-14-3-6-23-52(44)59(39-31-26-37(27-32-39)42-17-9-21-50-45-15-4-7-24-53(45)61-57(42)50)40-33-28-38(29-34-40)43-18-10-22-51-46-16-5-8-25-54(46)62-58(43)51/h1-35H. The summed E-state index contributed by atoms with van der Waals surface area (Å²) in [6.45, 7) is 0. The molecule has 0 N–H and O–H groups in total. The van der Waals surface area contributed by atoms with E-state index in [-0.39, 0.29) is 0 Å². The number of hydrogen-bond acceptors (Lipinski definition) is 4. The van der Waals surface area contributed by atoms with Gasteiger partial charge >= 0.3 is 0 Å². The molecule has 0 spiro atoms. The number of rotatable bonds is 6. The Hall–Kier alpha value is -7.50. The van der Waals surface area contributed by atoms with Crippen LogP contribution in [0.15, 0.2) is 217 Å². The van der Waals surface area contributed by atoms with Crippen molar-refractivity contribution in [3.05, 3.63) is 212 Å². The van der Waals surface area contributed by atoms with E-state index in [4.69, 9.17) is 4.42 Å². The number of fused-ring (bicyclic) bond motifs is 11. The van der Waals surface area contributed by atoms with Crippen LogP contribution in [0.4, 0.5) is 17.1 Å². The molecule has 4 heteroatoms. The summed E-state index contributed by atoms with van der Waals surface area (Å²) in [4.78, 5) is 2.40. The van der Waals surface area contributed by atoms with Gasteiger partial charge < -0.3 is 9.32 Å². The maximum absolute atomic E-state index is 6.92. The van der Waals surface area contributed by atoms with E-state index in [2.05, 4.69) is 217 Å². The fourth-order valence-corrected chi connectivity index (χ4v) is 12.1. The molecule has 0 saturated heterocycles. The fraction of sp³-hybridized carbons (Fsp3) is 0. The second-order valence-corrected chi connectivity index (χ2v) is 18.1. The predicted molar refractivity (Wildman–Crippen MR) is 268 cm³/mol. The zero-order valence-electron chi connectivity index (χ0n) is 33.4. The van der Waals surface area contributed by atoms with Gasteiger partial charge in [0.2, 0.25) is 0 Å². The normalized spacial score (nSPS) is 11.9. The van der Waals surface area contributed by atoms with Gasteiger partial charge in [0, 0.05) is 79.0 Å². The van der Waals surface area contributed by atoms with E-state index in [0.717, 1.165) is 55.5 Å². The Morgan fingerprint density at radius 2 is 0.774 bits per heavy atom. The SMILES string of the molecule is c1ccc(N(c2ccc(-c3cccc4c3sc3ccccc34)cc2)c2ccc(-c3cccc4c3sc3ccccc34)cc2)c(-c2cccc3c2oc2c4ccccc4ccc32)c1. The Morgan fingerprint density at radius 1 is 0.306 bits per heavy atom. The van der Waals surface area contributed by atoms with Gasteiger partial charge in [0.1, 0.15) is 11.2 Å². The lowest BCUT2D eigenvalue weighted by Crippen LogP contribution is -2.11.